The van der Waals surface area contributed by atoms with Gasteiger partial charge in [0.25, 0.3) is 0 Å². The maximum absolute atomic E-state index is 6.47. The fourth-order valence-corrected chi connectivity index (χ4v) is 4.26. The molecule has 1 atom stereocenters. The number of nitrogens with one attached hydrogen (secondary N) is 1. The molecule has 1 nitrogen and oxygen atoms in total. The zero-order valence-corrected chi connectivity index (χ0v) is 16.1. The monoisotopic (exact) mass is 435 g/mol. The average molecular weight is 438 g/mol. The first-order valence-electron chi connectivity index (χ1n) is 6.46. The highest BCUT2D eigenvalue weighted by Gasteiger charge is 2.21. The average Bonchev–Trinajstić information content (AvgIpc) is 2.75. The minimum atomic E-state index is 0.119. The highest BCUT2D eigenvalue weighted by molar-refractivity contribution is 9.11. The Kier molecular flexibility index (Phi) is 6.11. The number of hydrogen-bond donors (Lipinski definition) is 1. The summed E-state index contributed by atoms with van der Waals surface area (Å²) in [6, 6.07) is 6.36. The van der Waals surface area contributed by atoms with Gasteiger partial charge in [0.1, 0.15) is 0 Å². The topological polar surface area (TPSA) is 12.0 Å². The van der Waals surface area contributed by atoms with Crippen molar-refractivity contribution in [2.45, 2.75) is 26.3 Å². The van der Waals surface area contributed by atoms with Crippen molar-refractivity contribution in [2.75, 3.05) is 6.54 Å². The van der Waals surface area contributed by atoms with Crippen LogP contribution in [0.25, 0.3) is 0 Å². The van der Waals surface area contributed by atoms with Crippen LogP contribution in [0.3, 0.4) is 0 Å². The highest BCUT2D eigenvalue weighted by atomic mass is 79.9. The normalized spacial score (nSPS) is 12.7. The SMILES string of the molecule is CCCNC(c1cc(Br)ccc1Br)c1scc(C)c1Cl. The van der Waals surface area contributed by atoms with E-state index in [0.717, 1.165) is 32.5 Å². The third-order valence-electron chi connectivity index (χ3n) is 3.05. The van der Waals surface area contributed by atoms with Gasteiger partial charge < -0.3 is 5.32 Å². The first-order valence-corrected chi connectivity index (χ1v) is 9.30. The van der Waals surface area contributed by atoms with Gasteiger partial charge in [0.2, 0.25) is 0 Å². The van der Waals surface area contributed by atoms with E-state index in [-0.39, 0.29) is 6.04 Å². The number of hydrogen-bond acceptors (Lipinski definition) is 2. The number of benzene rings is 1. The zero-order valence-electron chi connectivity index (χ0n) is 11.3. The standard InChI is InChI=1S/C15H16Br2ClNS/c1-3-6-19-14(15-13(18)9(2)8-20-15)11-7-10(16)4-5-12(11)17/h4-5,7-8,14,19H,3,6H2,1-2H3. The summed E-state index contributed by atoms with van der Waals surface area (Å²) in [5.74, 6) is 0. The fraction of sp³-hybridized carbons (Fsp3) is 0.333. The van der Waals surface area contributed by atoms with Crippen molar-refractivity contribution in [3.8, 4) is 0 Å². The molecule has 2 rings (SSSR count). The molecule has 108 valence electrons. The number of halogens is 3. The van der Waals surface area contributed by atoms with Crippen LogP contribution in [-0.4, -0.2) is 6.54 Å². The molecule has 0 bridgehead atoms. The van der Waals surface area contributed by atoms with Crippen LogP contribution in [0.15, 0.2) is 32.5 Å². The summed E-state index contributed by atoms with van der Waals surface area (Å²) in [6.45, 7) is 5.17. The van der Waals surface area contributed by atoms with Crippen LogP contribution in [0.5, 0.6) is 0 Å². The Morgan fingerprint density at radius 1 is 1.35 bits per heavy atom. The maximum atomic E-state index is 6.47. The Hall–Kier alpha value is 0.130. The van der Waals surface area contributed by atoms with Gasteiger partial charge in [-0.2, -0.15) is 0 Å². The summed E-state index contributed by atoms with van der Waals surface area (Å²) in [7, 11) is 0. The quantitative estimate of drug-likeness (QED) is 0.577. The van der Waals surface area contributed by atoms with Gasteiger partial charge in [0.15, 0.2) is 0 Å². The minimum absolute atomic E-state index is 0.119. The molecule has 0 saturated heterocycles. The third-order valence-corrected chi connectivity index (χ3v) is 6.05. The lowest BCUT2D eigenvalue weighted by atomic mass is 10.0. The Balaban J connectivity index is 2.47. The summed E-state index contributed by atoms with van der Waals surface area (Å²) in [4.78, 5) is 1.18. The van der Waals surface area contributed by atoms with Crippen LogP contribution in [0, 0.1) is 6.92 Å². The van der Waals surface area contributed by atoms with Crippen molar-refractivity contribution in [2.24, 2.45) is 0 Å². The molecule has 5 heteroatoms. The predicted molar refractivity (Wildman–Crippen MR) is 96.0 cm³/mol. The Labute approximate surface area is 146 Å². The molecule has 0 aliphatic carbocycles. The molecule has 0 saturated carbocycles. The van der Waals surface area contributed by atoms with Crippen LogP contribution in [-0.2, 0) is 0 Å². The summed E-state index contributed by atoms with van der Waals surface area (Å²) >= 11 is 15.4. The van der Waals surface area contributed by atoms with Crippen LogP contribution in [0.1, 0.15) is 35.4 Å². The van der Waals surface area contributed by atoms with Gasteiger partial charge in [-0.1, -0.05) is 50.4 Å². The molecule has 1 unspecified atom stereocenters. The lowest BCUT2D eigenvalue weighted by Crippen LogP contribution is -2.23. The van der Waals surface area contributed by atoms with Crippen molar-refractivity contribution in [3.05, 3.63) is 53.6 Å². The van der Waals surface area contributed by atoms with E-state index in [1.165, 1.54) is 10.4 Å². The van der Waals surface area contributed by atoms with E-state index in [4.69, 9.17) is 11.6 Å². The molecule has 0 aliphatic heterocycles. The van der Waals surface area contributed by atoms with E-state index >= 15 is 0 Å². The predicted octanol–water partition coefficient (Wildman–Crippen LogP) is 6.32. The summed E-state index contributed by atoms with van der Waals surface area (Å²) < 4.78 is 2.17. The molecule has 0 amide bonds. The third kappa shape index (κ3) is 3.66. The smallest absolute Gasteiger partial charge is 0.0697 e. The lowest BCUT2D eigenvalue weighted by molar-refractivity contribution is 0.604. The van der Waals surface area contributed by atoms with Gasteiger partial charge in [0.05, 0.1) is 11.1 Å². The Morgan fingerprint density at radius 2 is 2.10 bits per heavy atom. The van der Waals surface area contributed by atoms with E-state index in [1.807, 2.05) is 6.07 Å². The molecule has 20 heavy (non-hydrogen) atoms. The lowest BCUT2D eigenvalue weighted by Gasteiger charge is -2.20. The van der Waals surface area contributed by atoms with Gasteiger partial charge >= 0.3 is 0 Å². The molecule has 2 aromatic rings. The van der Waals surface area contributed by atoms with Crippen LogP contribution < -0.4 is 5.32 Å². The van der Waals surface area contributed by atoms with Gasteiger partial charge in [0, 0.05) is 13.8 Å². The van der Waals surface area contributed by atoms with E-state index in [9.17, 15) is 0 Å². The van der Waals surface area contributed by atoms with Gasteiger partial charge in [-0.3, -0.25) is 0 Å². The first kappa shape index (κ1) is 16.5. The van der Waals surface area contributed by atoms with Gasteiger partial charge in [-0.05, 0) is 54.6 Å². The van der Waals surface area contributed by atoms with Crippen molar-refractivity contribution in [1.82, 2.24) is 5.32 Å². The van der Waals surface area contributed by atoms with Crippen molar-refractivity contribution in [3.63, 3.8) is 0 Å². The highest BCUT2D eigenvalue weighted by Crippen LogP contribution is 2.38. The van der Waals surface area contributed by atoms with Crippen molar-refractivity contribution >= 4 is 54.8 Å². The second-order valence-electron chi connectivity index (χ2n) is 4.65. The van der Waals surface area contributed by atoms with Crippen molar-refractivity contribution in [1.29, 1.82) is 0 Å². The molecule has 1 aromatic heterocycles. The molecule has 0 fully saturated rings. The van der Waals surface area contributed by atoms with E-state index in [0.29, 0.717) is 0 Å². The molecule has 0 radical (unpaired) electrons. The Morgan fingerprint density at radius 3 is 2.70 bits per heavy atom. The van der Waals surface area contributed by atoms with Gasteiger partial charge in [-0.15, -0.1) is 11.3 Å². The second kappa shape index (κ2) is 7.41. The molecule has 0 spiro atoms. The summed E-state index contributed by atoms with van der Waals surface area (Å²) in [5, 5.41) is 6.59. The maximum Gasteiger partial charge on any atom is 0.0697 e. The molecule has 1 heterocycles. The number of rotatable bonds is 5. The zero-order chi connectivity index (χ0) is 14.7. The van der Waals surface area contributed by atoms with Crippen LogP contribution in [0.2, 0.25) is 5.02 Å². The largest absolute Gasteiger partial charge is 0.306 e. The Bertz CT molecular complexity index is 598. The first-order chi connectivity index (χ1) is 9.54. The molecular formula is C15H16Br2ClNS. The van der Waals surface area contributed by atoms with Crippen LogP contribution >= 0.6 is 54.8 Å². The molecule has 1 N–H and O–H groups in total. The van der Waals surface area contributed by atoms with E-state index < -0.39 is 0 Å². The number of aryl methyl sites for hydroxylation is 1. The summed E-state index contributed by atoms with van der Waals surface area (Å²) in [5.41, 5.74) is 2.35. The number of thiophene rings is 1. The van der Waals surface area contributed by atoms with Gasteiger partial charge in [-0.25, -0.2) is 0 Å². The molecular weight excluding hydrogens is 422 g/mol. The molecule has 1 aromatic carbocycles. The van der Waals surface area contributed by atoms with Crippen molar-refractivity contribution < 1.29 is 0 Å². The summed E-state index contributed by atoms with van der Waals surface area (Å²) in [6.07, 6.45) is 1.09. The van der Waals surface area contributed by atoms with E-state index in [2.05, 4.69) is 68.5 Å². The second-order valence-corrected chi connectivity index (χ2v) is 7.71. The van der Waals surface area contributed by atoms with Crippen LogP contribution in [0.4, 0.5) is 0 Å². The minimum Gasteiger partial charge on any atom is -0.306 e. The molecule has 0 aliphatic rings. The van der Waals surface area contributed by atoms with E-state index in [1.54, 1.807) is 11.3 Å². The fourth-order valence-electron chi connectivity index (χ4n) is 2.01.